The first-order valence-electron chi connectivity index (χ1n) is 11.6. The quantitative estimate of drug-likeness (QED) is 0.382. The fourth-order valence-corrected chi connectivity index (χ4v) is 5.48. The number of hydrogen-bond acceptors (Lipinski definition) is 6. The summed E-state index contributed by atoms with van der Waals surface area (Å²) in [6.07, 6.45) is 0.883. The molecule has 35 heavy (non-hydrogen) atoms. The van der Waals surface area contributed by atoms with E-state index in [9.17, 15) is 4.79 Å². The van der Waals surface area contributed by atoms with Crippen molar-refractivity contribution in [3.63, 3.8) is 0 Å². The summed E-state index contributed by atoms with van der Waals surface area (Å²) in [7, 11) is 0. The smallest absolute Gasteiger partial charge is 0.236 e. The van der Waals surface area contributed by atoms with E-state index in [-0.39, 0.29) is 18.0 Å². The number of para-hydroxylation sites is 1. The van der Waals surface area contributed by atoms with E-state index in [0.29, 0.717) is 23.3 Å². The Morgan fingerprint density at radius 2 is 1.71 bits per heavy atom. The van der Waals surface area contributed by atoms with Crippen molar-refractivity contribution in [1.82, 2.24) is 19.7 Å². The molecular weight excluding hydrogens is 460 g/mol. The van der Waals surface area contributed by atoms with Gasteiger partial charge in [-0.05, 0) is 54.8 Å². The van der Waals surface area contributed by atoms with E-state index in [1.54, 1.807) is 0 Å². The molecule has 1 aromatic heterocycles. The summed E-state index contributed by atoms with van der Waals surface area (Å²) in [5.74, 6) is 2.20. The van der Waals surface area contributed by atoms with Gasteiger partial charge in [0.2, 0.25) is 12.7 Å². The molecule has 176 valence electrons. The van der Waals surface area contributed by atoms with Gasteiger partial charge in [0.05, 0.1) is 5.25 Å². The molecule has 0 saturated carbocycles. The highest BCUT2D eigenvalue weighted by Crippen LogP contribution is 2.37. The standard InChI is InChI=1S/C27H24N4O3S/c1-18(26(32)30-14-13-19-7-5-6-8-21(19)16-30)35-27-29-28-25(31(27)22-9-3-2-4-10-22)20-11-12-23-24(15-20)34-17-33-23/h2-12,15,18H,13-14,16-17H2,1H3/t18-/m1/s1. The number of ether oxygens (including phenoxy) is 2. The van der Waals surface area contributed by atoms with Crippen LogP contribution >= 0.6 is 11.8 Å². The molecule has 2 aliphatic heterocycles. The molecule has 1 atom stereocenters. The summed E-state index contributed by atoms with van der Waals surface area (Å²) >= 11 is 1.43. The zero-order chi connectivity index (χ0) is 23.8. The van der Waals surface area contributed by atoms with Crippen molar-refractivity contribution in [3.8, 4) is 28.6 Å². The van der Waals surface area contributed by atoms with E-state index in [1.807, 2.05) is 71.0 Å². The molecule has 8 heteroatoms. The summed E-state index contributed by atoms with van der Waals surface area (Å²) in [6.45, 7) is 3.53. The maximum absolute atomic E-state index is 13.4. The minimum absolute atomic E-state index is 0.108. The molecule has 0 spiro atoms. The van der Waals surface area contributed by atoms with E-state index >= 15 is 0 Å². The molecule has 0 saturated heterocycles. The van der Waals surface area contributed by atoms with Crippen molar-refractivity contribution in [2.75, 3.05) is 13.3 Å². The minimum atomic E-state index is -0.309. The van der Waals surface area contributed by atoms with Crippen molar-refractivity contribution in [2.45, 2.75) is 30.3 Å². The van der Waals surface area contributed by atoms with Gasteiger partial charge in [-0.2, -0.15) is 0 Å². The Kier molecular flexibility index (Phi) is 5.66. The Bertz CT molecular complexity index is 1390. The fourth-order valence-electron chi connectivity index (χ4n) is 4.53. The van der Waals surface area contributed by atoms with Crippen LogP contribution < -0.4 is 9.47 Å². The zero-order valence-corrected chi connectivity index (χ0v) is 20.1. The van der Waals surface area contributed by atoms with Crippen LogP contribution in [0.15, 0.2) is 78.0 Å². The molecule has 0 N–H and O–H groups in total. The third kappa shape index (κ3) is 4.14. The second kappa shape index (κ2) is 9.11. The predicted molar refractivity (Wildman–Crippen MR) is 134 cm³/mol. The molecule has 0 bridgehead atoms. The Hall–Kier alpha value is -3.78. The lowest BCUT2D eigenvalue weighted by Crippen LogP contribution is -2.40. The number of carbonyl (C=O) groups excluding carboxylic acids is 1. The van der Waals surface area contributed by atoms with E-state index in [1.165, 1.54) is 22.9 Å². The van der Waals surface area contributed by atoms with Crippen LogP contribution in [0, 0.1) is 0 Å². The van der Waals surface area contributed by atoms with E-state index in [0.717, 1.165) is 30.0 Å². The highest BCUT2D eigenvalue weighted by molar-refractivity contribution is 8.00. The summed E-state index contributed by atoms with van der Waals surface area (Å²) < 4.78 is 13.0. The third-order valence-electron chi connectivity index (χ3n) is 6.35. The number of carbonyl (C=O) groups is 1. The molecule has 3 heterocycles. The molecule has 1 amide bonds. The molecule has 0 fully saturated rings. The molecule has 0 aliphatic carbocycles. The van der Waals surface area contributed by atoms with Gasteiger partial charge in [0.1, 0.15) is 0 Å². The van der Waals surface area contributed by atoms with Crippen LogP contribution in [0.25, 0.3) is 17.1 Å². The van der Waals surface area contributed by atoms with Crippen LogP contribution in [0.4, 0.5) is 0 Å². The summed E-state index contributed by atoms with van der Waals surface area (Å²) in [5, 5.41) is 9.37. The molecule has 2 aliphatic rings. The summed E-state index contributed by atoms with van der Waals surface area (Å²) in [5.41, 5.74) is 4.35. The lowest BCUT2D eigenvalue weighted by atomic mass is 10.00. The molecule has 4 aromatic rings. The van der Waals surface area contributed by atoms with Gasteiger partial charge in [0.25, 0.3) is 0 Å². The highest BCUT2D eigenvalue weighted by Gasteiger charge is 2.28. The molecule has 7 nitrogen and oxygen atoms in total. The van der Waals surface area contributed by atoms with Gasteiger partial charge < -0.3 is 14.4 Å². The molecule has 3 aromatic carbocycles. The molecule has 6 rings (SSSR count). The van der Waals surface area contributed by atoms with Crippen molar-refractivity contribution < 1.29 is 14.3 Å². The minimum Gasteiger partial charge on any atom is -0.454 e. The maximum atomic E-state index is 13.4. The number of thioether (sulfide) groups is 1. The van der Waals surface area contributed by atoms with Crippen LogP contribution in [0.2, 0.25) is 0 Å². The van der Waals surface area contributed by atoms with Crippen LogP contribution in [-0.4, -0.2) is 44.2 Å². The molecule has 0 unspecified atom stereocenters. The number of aromatic nitrogens is 3. The number of nitrogens with zero attached hydrogens (tertiary/aromatic N) is 4. The zero-order valence-electron chi connectivity index (χ0n) is 19.3. The maximum Gasteiger partial charge on any atom is 0.236 e. The normalized spacial score (nSPS) is 15.1. The third-order valence-corrected chi connectivity index (χ3v) is 7.38. The first-order chi connectivity index (χ1) is 17.2. The number of amides is 1. The lowest BCUT2D eigenvalue weighted by molar-refractivity contribution is -0.131. The average molecular weight is 485 g/mol. The Morgan fingerprint density at radius 3 is 2.57 bits per heavy atom. The SMILES string of the molecule is C[C@@H](Sc1nnc(-c2ccc3c(c2)OCO3)n1-c1ccccc1)C(=O)N1CCc2ccccc2C1. The second-order valence-corrected chi connectivity index (χ2v) is 9.89. The van der Waals surface area contributed by atoms with Gasteiger partial charge in [-0.25, -0.2) is 0 Å². The van der Waals surface area contributed by atoms with Crippen molar-refractivity contribution >= 4 is 17.7 Å². The van der Waals surface area contributed by atoms with Crippen LogP contribution in [0.1, 0.15) is 18.1 Å². The van der Waals surface area contributed by atoms with Crippen LogP contribution in [0.3, 0.4) is 0 Å². The number of hydrogen-bond donors (Lipinski definition) is 0. The van der Waals surface area contributed by atoms with E-state index in [2.05, 4.69) is 28.4 Å². The number of rotatable bonds is 5. The van der Waals surface area contributed by atoms with Gasteiger partial charge in [-0.15, -0.1) is 10.2 Å². The Morgan fingerprint density at radius 1 is 0.943 bits per heavy atom. The van der Waals surface area contributed by atoms with E-state index < -0.39 is 0 Å². The lowest BCUT2D eigenvalue weighted by Gasteiger charge is -2.30. The summed E-state index contributed by atoms with van der Waals surface area (Å²) in [6, 6.07) is 24.1. The molecular formula is C27H24N4O3S. The van der Waals surface area contributed by atoms with Gasteiger partial charge in [0.15, 0.2) is 22.5 Å². The number of benzene rings is 3. The van der Waals surface area contributed by atoms with Crippen molar-refractivity contribution in [3.05, 3.63) is 83.9 Å². The first kappa shape index (κ1) is 21.7. The Balaban J connectivity index is 1.29. The first-order valence-corrected chi connectivity index (χ1v) is 12.5. The van der Waals surface area contributed by atoms with Crippen LogP contribution in [0.5, 0.6) is 11.5 Å². The average Bonchev–Trinajstić information content (AvgIpc) is 3.55. The summed E-state index contributed by atoms with van der Waals surface area (Å²) in [4.78, 5) is 15.3. The number of fused-ring (bicyclic) bond motifs is 2. The van der Waals surface area contributed by atoms with Gasteiger partial charge >= 0.3 is 0 Å². The second-order valence-electron chi connectivity index (χ2n) is 8.58. The largest absolute Gasteiger partial charge is 0.454 e. The van der Waals surface area contributed by atoms with Crippen molar-refractivity contribution in [1.29, 1.82) is 0 Å². The monoisotopic (exact) mass is 484 g/mol. The van der Waals surface area contributed by atoms with E-state index in [4.69, 9.17) is 9.47 Å². The van der Waals surface area contributed by atoms with Crippen molar-refractivity contribution in [2.24, 2.45) is 0 Å². The van der Waals surface area contributed by atoms with Gasteiger partial charge in [-0.3, -0.25) is 9.36 Å². The van der Waals surface area contributed by atoms with Crippen LogP contribution in [-0.2, 0) is 17.8 Å². The highest BCUT2D eigenvalue weighted by atomic mass is 32.2. The Labute approximate surface area is 207 Å². The fraction of sp³-hybridized carbons (Fsp3) is 0.222. The van der Waals surface area contributed by atoms with Gasteiger partial charge in [0, 0.05) is 24.3 Å². The topological polar surface area (TPSA) is 69.5 Å². The van der Waals surface area contributed by atoms with Gasteiger partial charge in [-0.1, -0.05) is 54.2 Å². The molecule has 0 radical (unpaired) electrons. The predicted octanol–water partition coefficient (Wildman–Crippen LogP) is 4.73.